The van der Waals surface area contributed by atoms with Gasteiger partial charge in [0.1, 0.15) is 11.2 Å². The van der Waals surface area contributed by atoms with E-state index in [4.69, 9.17) is 18.6 Å². The number of carbonyl (C=O) groups is 1. The van der Waals surface area contributed by atoms with Crippen molar-refractivity contribution in [3.8, 4) is 17.5 Å². The van der Waals surface area contributed by atoms with E-state index in [0.29, 0.717) is 24.5 Å². The molecule has 4 rings (SSSR count). The highest BCUT2D eigenvalue weighted by molar-refractivity contribution is 5.89. The normalized spacial score (nSPS) is 17.7. The van der Waals surface area contributed by atoms with Gasteiger partial charge < -0.3 is 18.6 Å². The number of hydrogen-bond donors (Lipinski definition) is 1. The van der Waals surface area contributed by atoms with Crippen LogP contribution in [-0.2, 0) is 27.9 Å². The maximum Gasteiger partial charge on any atom is 0.426 e. The first-order chi connectivity index (χ1) is 21.1. The first-order valence-electron chi connectivity index (χ1n) is 14.4. The second kappa shape index (κ2) is 14.5. The predicted molar refractivity (Wildman–Crippen MR) is 151 cm³/mol. The minimum atomic E-state index is -5.03. The van der Waals surface area contributed by atoms with Gasteiger partial charge in [0.2, 0.25) is 11.5 Å². The van der Waals surface area contributed by atoms with Crippen LogP contribution in [0.25, 0.3) is 11.6 Å². The molecule has 1 atom stereocenters. The fourth-order valence-electron chi connectivity index (χ4n) is 4.33. The summed E-state index contributed by atoms with van der Waals surface area (Å²) in [6, 6.07) is 8.70. The molecule has 0 aliphatic carbocycles. The molecule has 0 saturated heterocycles. The number of benzene rings is 1. The van der Waals surface area contributed by atoms with Crippen molar-refractivity contribution >= 4 is 11.8 Å². The van der Waals surface area contributed by atoms with Crippen LogP contribution in [-0.4, -0.2) is 39.7 Å². The number of anilines is 1. The molecule has 1 aliphatic heterocycles. The average molecular weight is 647 g/mol. The standard InChI is InChI=1S/C28H30F6N4O5.C2H6/c1-25(2,3)43-24(39)35-19-15-18(27(29,30)31)21-36-20(19)22-37-38-23(42-22)26(28(32,33)34,13-9-4-5-10-14-40-21)41-16-17-11-7-6-8-12-17;1-2/h6-8,11-12,15H,4-5,9-10,13-14,16H2,1-3H3,(H,35,39);1-2H3/t26-;/m1./s1. The van der Waals surface area contributed by atoms with Crippen LogP contribution in [0.5, 0.6) is 5.88 Å². The summed E-state index contributed by atoms with van der Waals surface area (Å²) >= 11 is 0. The molecule has 9 nitrogen and oxygen atoms in total. The van der Waals surface area contributed by atoms with E-state index in [0.717, 1.165) is 0 Å². The number of nitrogens with one attached hydrogen (secondary N) is 1. The second-order valence-electron chi connectivity index (χ2n) is 10.9. The van der Waals surface area contributed by atoms with Crippen molar-refractivity contribution in [2.45, 2.75) is 96.9 Å². The van der Waals surface area contributed by atoms with Crippen LogP contribution in [0.1, 0.15) is 83.7 Å². The molecule has 3 heterocycles. The van der Waals surface area contributed by atoms with Crippen LogP contribution >= 0.6 is 0 Å². The highest BCUT2D eigenvalue weighted by Crippen LogP contribution is 2.47. The van der Waals surface area contributed by atoms with Gasteiger partial charge in [-0.1, -0.05) is 57.0 Å². The molecule has 1 aromatic carbocycles. The minimum absolute atomic E-state index is 0.0226. The van der Waals surface area contributed by atoms with E-state index < -0.39 is 77.3 Å². The van der Waals surface area contributed by atoms with E-state index >= 15 is 0 Å². The number of halogens is 6. The van der Waals surface area contributed by atoms with Crippen LogP contribution in [0.3, 0.4) is 0 Å². The summed E-state index contributed by atoms with van der Waals surface area (Å²) in [4.78, 5) is 16.4. The molecule has 0 unspecified atom stereocenters. The van der Waals surface area contributed by atoms with Gasteiger partial charge in [0.15, 0.2) is 5.69 Å². The monoisotopic (exact) mass is 646 g/mol. The predicted octanol–water partition coefficient (Wildman–Crippen LogP) is 8.84. The summed E-state index contributed by atoms with van der Waals surface area (Å²) in [6.07, 6.45) is -10.8. The molecule has 1 aliphatic rings. The Kier molecular flexibility index (Phi) is 11.5. The molecule has 15 heteroatoms. The summed E-state index contributed by atoms with van der Waals surface area (Å²) in [7, 11) is 0. The SMILES string of the molecule is CC.CC(C)(C)OC(=O)Nc1cc(C(F)(F)F)c2nc1-c1nnc(o1)[C@@](OCc1ccccc1)(C(F)(F)F)CCCCCCO2. The van der Waals surface area contributed by atoms with E-state index in [-0.39, 0.29) is 19.4 Å². The lowest BCUT2D eigenvalue weighted by Gasteiger charge is -2.32. The Bertz CT molecular complexity index is 1410. The fraction of sp³-hybridized carbons (Fsp3) is 0.533. The third-order valence-electron chi connectivity index (χ3n) is 6.35. The van der Waals surface area contributed by atoms with Gasteiger partial charge in [-0.05, 0) is 51.7 Å². The van der Waals surface area contributed by atoms with E-state index in [1.165, 1.54) is 20.8 Å². The number of rotatable bonds is 4. The molecule has 4 bridgehead atoms. The zero-order valence-corrected chi connectivity index (χ0v) is 25.6. The molecule has 3 aromatic rings. The van der Waals surface area contributed by atoms with Crippen LogP contribution in [0.4, 0.5) is 36.8 Å². The largest absolute Gasteiger partial charge is 0.477 e. The van der Waals surface area contributed by atoms with E-state index in [9.17, 15) is 31.1 Å². The lowest BCUT2D eigenvalue weighted by atomic mass is 9.94. The first-order valence-corrected chi connectivity index (χ1v) is 14.4. The van der Waals surface area contributed by atoms with Gasteiger partial charge in [-0.2, -0.15) is 26.3 Å². The molecule has 0 saturated carbocycles. The maximum atomic E-state index is 14.9. The molecular weight excluding hydrogens is 610 g/mol. The van der Waals surface area contributed by atoms with Gasteiger partial charge in [-0.3, -0.25) is 5.32 Å². The Hall–Kier alpha value is -3.88. The number of nitrogens with zero attached hydrogens (tertiary/aromatic N) is 3. The molecule has 2 aromatic heterocycles. The molecule has 248 valence electrons. The average Bonchev–Trinajstić information content (AvgIpc) is 3.44. The molecule has 1 N–H and O–H groups in total. The van der Waals surface area contributed by atoms with Crippen molar-refractivity contribution in [1.82, 2.24) is 15.2 Å². The van der Waals surface area contributed by atoms with Crippen molar-refractivity contribution < 1.29 is 49.8 Å². The Balaban J connectivity index is 0.00000271. The number of amides is 1. The van der Waals surface area contributed by atoms with Gasteiger partial charge >= 0.3 is 18.4 Å². The molecular formula is C30H36F6N4O5. The number of ether oxygens (including phenoxy) is 3. The topological polar surface area (TPSA) is 109 Å². The van der Waals surface area contributed by atoms with E-state index in [2.05, 4.69) is 20.5 Å². The van der Waals surface area contributed by atoms with Crippen molar-refractivity contribution in [1.29, 1.82) is 0 Å². The smallest absolute Gasteiger partial charge is 0.426 e. The van der Waals surface area contributed by atoms with Crippen molar-refractivity contribution in [2.75, 3.05) is 11.9 Å². The highest BCUT2D eigenvalue weighted by Gasteiger charge is 2.61. The van der Waals surface area contributed by atoms with E-state index in [1.54, 1.807) is 30.3 Å². The summed E-state index contributed by atoms with van der Waals surface area (Å²) < 4.78 is 108. The van der Waals surface area contributed by atoms with Crippen LogP contribution in [0.2, 0.25) is 0 Å². The molecule has 1 amide bonds. The number of hydrogen-bond acceptors (Lipinski definition) is 8. The number of aromatic nitrogens is 3. The zero-order chi connectivity index (χ0) is 33.5. The molecule has 45 heavy (non-hydrogen) atoms. The quantitative estimate of drug-likeness (QED) is 0.280. The fourth-order valence-corrected chi connectivity index (χ4v) is 4.33. The van der Waals surface area contributed by atoms with Gasteiger partial charge in [0, 0.05) is 0 Å². The maximum absolute atomic E-state index is 14.9. The molecule has 0 radical (unpaired) electrons. The van der Waals surface area contributed by atoms with Crippen LogP contribution in [0, 0.1) is 0 Å². The van der Waals surface area contributed by atoms with Crippen molar-refractivity contribution in [2.24, 2.45) is 0 Å². The minimum Gasteiger partial charge on any atom is -0.477 e. The Morgan fingerprint density at radius 3 is 2.27 bits per heavy atom. The summed E-state index contributed by atoms with van der Waals surface area (Å²) in [5, 5.41) is 9.49. The van der Waals surface area contributed by atoms with Crippen LogP contribution < -0.4 is 10.1 Å². The van der Waals surface area contributed by atoms with Crippen molar-refractivity contribution in [3.63, 3.8) is 0 Å². The molecule has 0 spiro atoms. The van der Waals surface area contributed by atoms with E-state index in [1.807, 2.05) is 13.8 Å². The number of fused-ring (bicyclic) bond motifs is 5. The third kappa shape index (κ3) is 9.08. The summed E-state index contributed by atoms with van der Waals surface area (Å²) in [5.41, 5.74) is -6.09. The van der Waals surface area contributed by atoms with Gasteiger partial charge in [-0.25, -0.2) is 9.78 Å². The second-order valence-corrected chi connectivity index (χ2v) is 10.9. The Morgan fingerprint density at radius 2 is 1.64 bits per heavy atom. The van der Waals surface area contributed by atoms with Crippen molar-refractivity contribution in [3.05, 3.63) is 53.4 Å². The lowest BCUT2D eigenvalue weighted by Crippen LogP contribution is -2.45. The number of pyridine rings is 1. The van der Waals surface area contributed by atoms with Gasteiger partial charge in [0.05, 0.1) is 18.9 Å². The Labute approximate surface area is 256 Å². The summed E-state index contributed by atoms with van der Waals surface area (Å²) in [6.45, 7) is 7.96. The number of carbonyl (C=O) groups excluding carboxylic acids is 1. The summed E-state index contributed by atoms with van der Waals surface area (Å²) in [5.74, 6) is -2.53. The zero-order valence-electron chi connectivity index (χ0n) is 25.6. The van der Waals surface area contributed by atoms with Gasteiger partial charge in [0.25, 0.3) is 11.8 Å². The number of alkyl halides is 6. The molecule has 0 fully saturated rings. The lowest BCUT2D eigenvalue weighted by molar-refractivity contribution is -0.300. The third-order valence-corrected chi connectivity index (χ3v) is 6.35. The Morgan fingerprint density at radius 1 is 0.978 bits per heavy atom. The van der Waals surface area contributed by atoms with Crippen LogP contribution in [0.15, 0.2) is 40.8 Å². The van der Waals surface area contributed by atoms with Gasteiger partial charge in [-0.15, -0.1) is 10.2 Å². The first kappa shape index (κ1) is 35.6. The highest BCUT2D eigenvalue weighted by atomic mass is 19.4.